The first kappa shape index (κ1) is 11.2. The van der Waals surface area contributed by atoms with Crippen LogP contribution < -0.4 is 5.32 Å². The number of fused-ring (bicyclic) bond motifs is 1. The number of nitrogens with one attached hydrogen (secondary N) is 1. The van der Waals surface area contributed by atoms with Crippen LogP contribution >= 0.6 is 34.2 Å². The van der Waals surface area contributed by atoms with Gasteiger partial charge in [0.05, 0.1) is 3.92 Å². The minimum Gasteiger partial charge on any atom is -0.325 e. The minimum atomic E-state index is 0.0492. The van der Waals surface area contributed by atoms with E-state index in [2.05, 4.69) is 27.9 Å². The number of halogens is 2. The van der Waals surface area contributed by atoms with Crippen LogP contribution in [0.2, 0.25) is 5.02 Å². The maximum absolute atomic E-state index is 11.7. The lowest BCUT2D eigenvalue weighted by Gasteiger charge is -2.10. The zero-order valence-electron chi connectivity index (χ0n) is 8.31. The molecule has 80 valence electrons. The van der Waals surface area contributed by atoms with Crippen LogP contribution in [0.5, 0.6) is 0 Å². The van der Waals surface area contributed by atoms with Crippen molar-refractivity contribution in [3.05, 3.63) is 28.3 Å². The third-order valence-electron chi connectivity index (χ3n) is 2.58. The van der Waals surface area contributed by atoms with Gasteiger partial charge in [-0.1, -0.05) is 34.2 Å². The van der Waals surface area contributed by atoms with Crippen LogP contribution in [0.25, 0.3) is 0 Å². The fourth-order valence-corrected chi connectivity index (χ4v) is 2.57. The number of hydrogen-bond donors (Lipinski definition) is 1. The van der Waals surface area contributed by atoms with Crippen LogP contribution in [-0.4, -0.2) is 9.83 Å². The molecule has 4 heteroatoms. The van der Waals surface area contributed by atoms with Gasteiger partial charge in [0.1, 0.15) is 0 Å². The largest absolute Gasteiger partial charge is 0.325 e. The van der Waals surface area contributed by atoms with Gasteiger partial charge in [-0.25, -0.2) is 0 Å². The quantitative estimate of drug-likeness (QED) is 0.572. The van der Waals surface area contributed by atoms with E-state index in [1.807, 2.05) is 19.1 Å². The lowest BCUT2D eigenvalue weighted by atomic mass is 10.0. The fraction of sp³-hybridized carbons (Fsp3) is 0.364. The van der Waals surface area contributed by atoms with Gasteiger partial charge in [-0.15, -0.1) is 0 Å². The highest BCUT2D eigenvalue weighted by atomic mass is 127. The molecule has 1 N–H and O–H groups in total. The highest BCUT2D eigenvalue weighted by molar-refractivity contribution is 14.1. The Bertz CT molecular complexity index is 419. The molecule has 15 heavy (non-hydrogen) atoms. The molecule has 1 amide bonds. The zero-order chi connectivity index (χ0) is 11.0. The number of alkyl halides is 1. The monoisotopic (exact) mass is 335 g/mol. The molecule has 2 nitrogen and oxygen atoms in total. The molecular weight excluding hydrogens is 324 g/mol. The Hall–Kier alpha value is -0.290. The van der Waals surface area contributed by atoms with E-state index in [9.17, 15) is 4.79 Å². The second kappa shape index (κ2) is 4.29. The predicted octanol–water partition coefficient (Wildman–Crippen LogP) is 3.34. The summed E-state index contributed by atoms with van der Waals surface area (Å²) in [4.78, 5) is 11.7. The summed E-state index contributed by atoms with van der Waals surface area (Å²) in [5, 5.41) is 3.71. The summed E-state index contributed by atoms with van der Waals surface area (Å²) >= 11 is 8.17. The van der Waals surface area contributed by atoms with Crippen molar-refractivity contribution < 1.29 is 4.79 Å². The number of carbonyl (C=O) groups is 1. The van der Waals surface area contributed by atoms with E-state index in [0.29, 0.717) is 0 Å². The Kier molecular flexibility index (Phi) is 3.21. The van der Waals surface area contributed by atoms with Gasteiger partial charge in [0.25, 0.3) is 0 Å². The maximum Gasteiger partial charge on any atom is 0.237 e. The molecule has 1 aliphatic rings. The van der Waals surface area contributed by atoms with E-state index in [-0.39, 0.29) is 9.83 Å². The van der Waals surface area contributed by atoms with Crippen LogP contribution in [0.1, 0.15) is 17.5 Å². The standard InChI is InChI=1S/C11H11ClINO/c1-6-4-8(12)5-7-2-3-9(13)11(15)14-10(6)7/h4-5,9H,2-3H2,1H3,(H,14,15). The molecule has 1 heterocycles. The zero-order valence-corrected chi connectivity index (χ0v) is 11.2. The van der Waals surface area contributed by atoms with Crippen molar-refractivity contribution in [3.63, 3.8) is 0 Å². The second-order valence-electron chi connectivity index (χ2n) is 3.75. The normalized spacial score (nSPS) is 20.5. The molecule has 0 fully saturated rings. The van der Waals surface area contributed by atoms with Gasteiger partial charge in [0.2, 0.25) is 5.91 Å². The van der Waals surface area contributed by atoms with Crippen LogP contribution in [0, 0.1) is 6.92 Å². The Morgan fingerprint density at radius 2 is 2.27 bits per heavy atom. The summed E-state index contributed by atoms with van der Waals surface area (Å²) in [6.07, 6.45) is 1.78. The summed E-state index contributed by atoms with van der Waals surface area (Å²) in [6, 6.07) is 3.83. The molecule has 0 bridgehead atoms. The molecule has 0 saturated heterocycles. The SMILES string of the molecule is Cc1cc(Cl)cc2c1NC(=O)C(I)CC2. The number of benzene rings is 1. The molecule has 1 aromatic rings. The number of carbonyl (C=O) groups excluding carboxylic acids is 1. The van der Waals surface area contributed by atoms with Crippen molar-refractivity contribution in [2.45, 2.75) is 23.7 Å². The molecule has 2 rings (SSSR count). The third kappa shape index (κ3) is 2.28. The number of rotatable bonds is 0. The lowest BCUT2D eigenvalue weighted by Crippen LogP contribution is -2.21. The van der Waals surface area contributed by atoms with Gasteiger partial charge in [-0.2, -0.15) is 0 Å². The van der Waals surface area contributed by atoms with Gasteiger partial charge >= 0.3 is 0 Å². The maximum atomic E-state index is 11.7. The van der Waals surface area contributed by atoms with E-state index >= 15 is 0 Å². The van der Waals surface area contributed by atoms with Crippen LogP contribution in [0.15, 0.2) is 12.1 Å². The molecule has 0 aromatic heterocycles. The van der Waals surface area contributed by atoms with Crippen molar-refractivity contribution in [1.29, 1.82) is 0 Å². The molecule has 1 unspecified atom stereocenters. The average Bonchev–Trinajstić information content (AvgIpc) is 2.30. The van der Waals surface area contributed by atoms with Crippen LogP contribution in [-0.2, 0) is 11.2 Å². The number of aryl methyl sites for hydroxylation is 2. The second-order valence-corrected chi connectivity index (χ2v) is 5.69. The van der Waals surface area contributed by atoms with Gasteiger partial charge in [0, 0.05) is 10.7 Å². The van der Waals surface area contributed by atoms with E-state index < -0.39 is 0 Å². The third-order valence-corrected chi connectivity index (χ3v) is 3.99. The highest BCUT2D eigenvalue weighted by Gasteiger charge is 2.22. The number of anilines is 1. The predicted molar refractivity (Wildman–Crippen MR) is 70.9 cm³/mol. The first-order valence-corrected chi connectivity index (χ1v) is 6.44. The highest BCUT2D eigenvalue weighted by Crippen LogP contribution is 2.30. The Labute approximate surface area is 108 Å². The van der Waals surface area contributed by atoms with E-state index in [1.54, 1.807) is 0 Å². The molecule has 1 aromatic carbocycles. The van der Waals surface area contributed by atoms with E-state index in [0.717, 1.165) is 34.7 Å². The number of hydrogen-bond acceptors (Lipinski definition) is 1. The van der Waals surface area contributed by atoms with Crippen molar-refractivity contribution in [2.75, 3.05) is 5.32 Å². The molecule has 1 atom stereocenters. The summed E-state index contributed by atoms with van der Waals surface area (Å²) in [7, 11) is 0. The summed E-state index contributed by atoms with van der Waals surface area (Å²) in [6.45, 7) is 1.97. The fourth-order valence-electron chi connectivity index (χ4n) is 1.80. The summed E-state index contributed by atoms with van der Waals surface area (Å²) in [5.41, 5.74) is 3.13. The lowest BCUT2D eigenvalue weighted by molar-refractivity contribution is -0.115. The first-order chi connectivity index (χ1) is 7.08. The molecular formula is C11H11ClINO. The topological polar surface area (TPSA) is 29.1 Å². The van der Waals surface area contributed by atoms with Gasteiger partial charge in [-0.05, 0) is 43.0 Å². The Morgan fingerprint density at radius 1 is 1.53 bits per heavy atom. The van der Waals surface area contributed by atoms with Crippen LogP contribution in [0.4, 0.5) is 5.69 Å². The van der Waals surface area contributed by atoms with Crippen molar-refractivity contribution in [1.82, 2.24) is 0 Å². The number of amides is 1. The molecule has 0 aliphatic carbocycles. The minimum absolute atomic E-state index is 0.0492. The Morgan fingerprint density at radius 3 is 3.00 bits per heavy atom. The molecule has 0 radical (unpaired) electrons. The van der Waals surface area contributed by atoms with E-state index in [4.69, 9.17) is 11.6 Å². The van der Waals surface area contributed by atoms with Gasteiger partial charge in [0.15, 0.2) is 0 Å². The average molecular weight is 336 g/mol. The molecule has 0 spiro atoms. The van der Waals surface area contributed by atoms with Crippen LogP contribution in [0.3, 0.4) is 0 Å². The van der Waals surface area contributed by atoms with Gasteiger partial charge < -0.3 is 5.32 Å². The van der Waals surface area contributed by atoms with Crippen molar-refractivity contribution in [2.24, 2.45) is 0 Å². The summed E-state index contributed by atoms with van der Waals surface area (Å²) < 4.78 is 0.0492. The smallest absolute Gasteiger partial charge is 0.237 e. The molecule has 0 saturated carbocycles. The Balaban J connectivity index is 2.47. The van der Waals surface area contributed by atoms with E-state index in [1.165, 1.54) is 0 Å². The first-order valence-electron chi connectivity index (χ1n) is 4.82. The van der Waals surface area contributed by atoms with Gasteiger partial charge in [-0.3, -0.25) is 4.79 Å². The summed E-state index contributed by atoms with van der Waals surface area (Å²) in [5.74, 6) is 0.0970. The van der Waals surface area contributed by atoms with Crippen molar-refractivity contribution in [3.8, 4) is 0 Å². The molecule has 1 aliphatic heterocycles. The van der Waals surface area contributed by atoms with Crippen molar-refractivity contribution >= 4 is 45.8 Å².